The van der Waals surface area contributed by atoms with Gasteiger partial charge in [0.15, 0.2) is 11.9 Å². The van der Waals surface area contributed by atoms with Crippen LogP contribution in [0.2, 0.25) is 5.02 Å². The van der Waals surface area contributed by atoms with Crippen molar-refractivity contribution in [2.45, 2.75) is 12.5 Å². The van der Waals surface area contributed by atoms with Gasteiger partial charge in [-0.25, -0.2) is 9.59 Å². The van der Waals surface area contributed by atoms with Gasteiger partial charge in [0.1, 0.15) is 0 Å². The molecule has 8 heteroatoms. The molecular formula is C28H23ClN2O5. The summed E-state index contributed by atoms with van der Waals surface area (Å²) in [7, 11) is 3.17. The molecule has 4 aromatic rings. The number of fused-ring (bicyclic) bond motifs is 1. The Morgan fingerprint density at radius 1 is 0.889 bits per heavy atom. The molecule has 3 aromatic carbocycles. The highest BCUT2D eigenvalue weighted by Crippen LogP contribution is 2.28. The predicted octanol–water partition coefficient (Wildman–Crippen LogP) is 5.30. The number of hydrogen-bond donors (Lipinski definition) is 0. The first-order valence-corrected chi connectivity index (χ1v) is 11.5. The fourth-order valence-electron chi connectivity index (χ4n) is 3.87. The van der Waals surface area contributed by atoms with E-state index in [1.807, 2.05) is 12.1 Å². The average molecular weight is 503 g/mol. The Morgan fingerprint density at radius 3 is 2.03 bits per heavy atom. The number of aromatic nitrogens is 1. The second kappa shape index (κ2) is 10.6. The zero-order valence-corrected chi connectivity index (χ0v) is 20.4. The number of carbonyl (C=O) groups is 4. The number of esters is 1. The number of ether oxygens (including phenoxy) is 1. The van der Waals surface area contributed by atoms with Gasteiger partial charge in [-0.05, 0) is 29.3 Å². The molecule has 1 aromatic heterocycles. The molecule has 0 radical (unpaired) electrons. The first-order valence-electron chi connectivity index (χ1n) is 11.2. The van der Waals surface area contributed by atoms with Crippen molar-refractivity contribution in [1.82, 2.24) is 9.47 Å². The first kappa shape index (κ1) is 24.9. The summed E-state index contributed by atoms with van der Waals surface area (Å²) in [6.07, 6.45) is -0.157. The van der Waals surface area contributed by atoms with E-state index in [1.165, 1.54) is 15.7 Å². The van der Waals surface area contributed by atoms with Crippen LogP contribution in [-0.2, 0) is 14.3 Å². The van der Waals surface area contributed by atoms with Crippen molar-refractivity contribution < 1.29 is 23.9 Å². The minimum Gasteiger partial charge on any atom is -0.447 e. The number of Topliss-reactive ketones (excluding diaryl/α,β-unsaturated/α-hetero) is 2. The van der Waals surface area contributed by atoms with Crippen LogP contribution in [-0.4, -0.2) is 47.1 Å². The lowest BCUT2D eigenvalue weighted by Crippen LogP contribution is -2.26. The lowest BCUT2D eigenvalue weighted by atomic mass is 10.0. The monoisotopic (exact) mass is 502 g/mol. The molecule has 182 valence electrons. The number of carbonyl (C=O) groups excluding carboxylic acids is 4. The van der Waals surface area contributed by atoms with Gasteiger partial charge in [0.25, 0.3) is 0 Å². The van der Waals surface area contributed by atoms with E-state index < -0.39 is 30.1 Å². The third-order valence-electron chi connectivity index (χ3n) is 5.63. The summed E-state index contributed by atoms with van der Waals surface area (Å²) in [5.41, 5.74) is 1.96. The third-order valence-corrected chi connectivity index (χ3v) is 5.87. The number of halogens is 1. The van der Waals surface area contributed by atoms with Gasteiger partial charge in [-0.15, -0.1) is 0 Å². The predicted molar refractivity (Wildman–Crippen MR) is 136 cm³/mol. The highest BCUT2D eigenvalue weighted by molar-refractivity contribution is 6.39. The molecule has 7 nitrogen and oxygen atoms in total. The minimum absolute atomic E-state index is 0.117. The Morgan fingerprint density at radius 2 is 1.47 bits per heavy atom. The minimum atomic E-state index is -1.12. The van der Waals surface area contributed by atoms with E-state index in [9.17, 15) is 19.2 Å². The largest absolute Gasteiger partial charge is 0.447 e. The van der Waals surface area contributed by atoms with Crippen molar-refractivity contribution >= 4 is 46.1 Å². The fourth-order valence-corrected chi connectivity index (χ4v) is 4.04. The number of rotatable bonds is 7. The van der Waals surface area contributed by atoms with Crippen LogP contribution in [0.1, 0.15) is 34.0 Å². The maximum absolute atomic E-state index is 13.1. The zero-order chi connectivity index (χ0) is 25.8. The van der Waals surface area contributed by atoms with Gasteiger partial charge in [-0.3, -0.25) is 14.2 Å². The molecule has 0 bridgehead atoms. The molecule has 4 rings (SSSR count). The Bertz CT molecular complexity index is 1410. The molecule has 0 unspecified atom stereocenters. The number of amides is 1. The molecule has 0 aliphatic carbocycles. The van der Waals surface area contributed by atoms with E-state index in [-0.39, 0.29) is 11.6 Å². The maximum Gasteiger partial charge on any atom is 0.376 e. The summed E-state index contributed by atoms with van der Waals surface area (Å²) >= 11 is 6.12. The molecule has 1 amide bonds. The van der Waals surface area contributed by atoms with Crippen LogP contribution >= 0.6 is 11.6 Å². The van der Waals surface area contributed by atoms with Crippen molar-refractivity contribution in [2.24, 2.45) is 0 Å². The highest BCUT2D eigenvalue weighted by Gasteiger charge is 2.27. The van der Waals surface area contributed by atoms with Crippen LogP contribution < -0.4 is 0 Å². The molecule has 0 N–H and O–H groups in total. The van der Waals surface area contributed by atoms with Gasteiger partial charge < -0.3 is 9.64 Å². The highest BCUT2D eigenvalue weighted by atomic mass is 35.5. The molecule has 0 saturated carbocycles. The Hall–Kier alpha value is -4.23. The van der Waals surface area contributed by atoms with Crippen molar-refractivity contribution in [2.75, 3.05) is 14.1 Å². The summed E-state index contributed by atoms with van der Waals surface area (Å²) in [6.45, 7) is 0. The number of nitrogens with zero attached hydrogens (tertiary/aromatic N) is 2. The van der Waals surface area contributed by atoms with Crippen molar-refractivity contribution in [1.29, 1.82) is 0 Å². The SMILES string of the molecule is CN(C)C(=O)n1cc(C(=O)CC(=O)C(=O)OC(c2ccccc2)c2ccccc2)c2cc(Cl)ccc21. The normalized spacial score (nSPS) is 10.9. The van der Waals surface area contributed by atoms with Crippen LogP contribution in [0.5, 0.6) is 0 Å². The molecule has 0 fully saturated rings. The fraction of sp³-hybridized carbons (Fsp3) is 0.143. The number of benzene rings is 3. The van der Waals surface area contributed by atoms with Crippen molar-refractivity contribution in [3.63, 3.8) is 0 Å². The lowest BCUT2D eigenvalue weighted by molar-refractivity contribution is -0.156. The first-order chi connectivity index (χ1) is 17.3. The van der Waals surface area contributed by atoms with E-state index in [0.29, 0.717) is 27.1 Å². The van der Waals surface area contributed by atoms with Crippen molar-refractivity contribution in [3.8, 4) is 0 Å². The summed E-state index contributed by atoms with van der Waals surface area (Å²) in [5, 5.41) is 0.779. The average Bonchev–Trinajstić information content (AvgIpc) is 3.26. The lowest BCUT2D eigenvalue weighted by Gasteiger charge is -2.18. The van der Waals surface area contributed by atoms with Gasteiger partial charge in [0.2, 0.25) is 5.78 Å². The third kappa shape index (κ3) is 5.21. The molecular weight excluding hydrogens is 480 g/mol. The quantitative estimate of drug-likeness (QED) is 0.148. The zero-order valence-electron chi connectivity index (χ0n) is 19.7. The Kier molecular flexibility index (Phi) is 7.31. The Labute approximate surface area is 212 Å². The molecule has 0 saturated heterocycles. The topological polar surface area (TPSA) is 85.7 Å². The summed E-state index contributed by atoms with van der Waals surface area (Å²) in [4.78, 5) is 52.6. The van der Waals surface area contributed by atoms with E-state index in [2.05, 4.69) is 0 Å². The summed E-state index contributed by atoms with van der Waals surface area (Å²) in [5.74, 6) is -2.73. The van der Waals surface area contributed by atoms with Crippen LogP contribution in [0, 0.1) is 0 Å². The van der Waals surface area contributed by atoms with Gasteiger partial charge in [0.05, 0.1) is 11.9 Å². The van der Waals surface area contributed by atoms with Gasteiger partial charge in [-0.1, -0.05) is 72.3 Å². The standard InChI is InChI=1S/C28H23ClN2O5/c1-30(2)28(35)31-17-22(21-15-20(29)13-14-23(21)31)24(32)16-25(33)27(34)36-26(18-9-5-3-6-10-18)19-11-7-4-8-12-19/h3-15,17,26H,16H2,1-2H3. The molecule has 0 aliphatic rings. The number of ketones is 2. The summed E-state index contributed by atoms with van der Waals surface area (Å²) in [6, 6.07) is 22.5. The van der Waals surface area contributed by atoms with Gasteiger partial charge in [-0.2, -0.15) is 0 Å². The maximum atomic E-state index is 13.1. The molecule has 0 aliphatic heterocycles. The molecule has 36 heavy (non-hydrogen) atoms. The van der Waals surface area contributed by atoms with Gasteiger partial charge >= 0.3 is 12.0 Å². The van der Waals surface area contributed by atoms with Crippen LogP contribution in [0.4, 0.5) is 4.79 Å². The smallest absolute Gasteiger partial charge is 0.376 e. The van der Waals surface area contributed by atoms with E-state index >= 15 is 0 Å². The van der Waals surface area contributed by atoms with Crippen LogP contribution in [0.25, 0.3) is 10.9 Å². The second-order valence-corrected chi connectivity index (χ2v) is 8.82. The van der Waals surface area contributed by atoms with E-state index in [1.54, 1.807) is 80.8 Å². The van der Waals surface area contributed by atoms with Crippen LogP contribution in [0.3, 0.4) is 0 Å². The van der Waals surface area contributed by atoms with E-state index in [0.717, 1.165) is 0 Å². The van der Waals surface area contributed by atoms with Crippen LogP contribution in [0.15, 0.2) is 85.1 Å². The van der Waals surface area contributed by atoms with E-state index in [4.69, 9.17) is 16.3 Å². The molecule has 1 heterocycles. The van der Waals surface area contributed by atoms with Crippen molar-refractivity contribution in [3.05, 3.63) is 107 Å². The number of hydrogen-bond acceptors (Lipinski definition) is 5. The van der Waals surface area contributed by atoms with Gasteiger partial charge in [0, 0.05) is 36.3 Å². The Balaban J connectivity index is 1.58. The second-order valence-electron chi connectivity index (χ2n) is 8.38. The molecule has 0 atom stereocenters. The summed E-state index contributed by atoms with van der Waals surface area (Å²) < 4.78 is 6.88. The molecule has 0 spiro atoms.